The lowest BCUT2D eigenvalue weighted by molar-refractivity contribution is -0.117. The van der Waals surface area contributed by atoms with Gasteiger partial charge in [-0.2, -0.15) is 0 Å². The van der Waals surface area contributed by atoms with E-state index in [2.05, 4.69) is 10.6 Å². The van der Waals surface area contributed by atoms with Crippen LogP contribution in [0, 0.1) is 0 Å². The molecule has 0 aromatic heterocycles. The Bertz CT molecular complexity index is 523. The number of nitrogens with zero attached hydrogens (tertiary/aromatic N) is 1. The van der Waals surface area contributed by atoms with Crippen molar-refractivity contribution in [1.82, 2.24) is 5.32 Å². The van der Waals surface area contributed by atoms with E-state index in [9.17, 15) is 9.59 Å². The van der Waals surface area contributed by atoms with Gasteiger partial charge < -0.3 is 20.3 Å². The lowest BCUT2D eigenvalue weighted by Crippen LogP contribution is -2.38. The van der Waals surface area contributed by atoms with Crippen molar-refractivity contribution in [3.8, 4) is 0 Å². The third kappa shape index (κ3) is 3.33. The summed E-state index contributed by atoms with van der Waals surface area (Å²) in [7, 11) is 0. The van der Waals surface area contributed by atoms with E-state index in [-0.39, 0.29) is 18.0 Å². The van der Waals surface area contributed by atoms with Crippen molar-refractivity contribution in [3.63, 3.8) is 0 Å². The molecule has 112 valence electrons. The number of urea groups is 1. The Morgan fingerprint density at radius 3 is 2.71 bits per heavy atom. The molecule has 2 heterocycles. The van der Waals surface area contributed by atoms with E-state index in [0.29, 0.717) is 25.3 Å². The van der Waals surface area contributed by atoms with E-state index in [1.807, 2.05) is 24.3 Å². The first kappa shape index (κ1) is 13.9. The summed E-state index contributed by atoms with van der Waals surface area (Å²) >= 11 is 0. The number of rotatable bonds is 3. The average molecular weight is 289 g/mol. The van der Waals surface area contributed by atoms with E-state index in [0.717, 1.165) is 25.1 Å². The summed E-state index contributed by atoms with van der Waals surface area (Å²) in [5, 5.41) is 5.65. The molecule has 2 saturated heterocycles. The molecule has 2 N–H and O–H groups in total. The van der Waals surface area contributed by atoms with Gasteiger partial charge in [0, 0.05) is 30.9 Å². The summed E-state index contributed by atoms with van der Waals surface area (Å²) < 4.78 is 5.21. The van der Waals surface area contributed by atoms with Gasteiger partial charge in [0.2, 0.25) is 5.91 Å². The maximum Gasteiger partial charge on any atom is 0.319 e. The van der Waals surface area contributed by atoms with Crippen LogP contribution in [0.3, 0.4) is 0 Å². The van der Waals surface area contributed by atoms with Crippen LogP contribution >= 0.6 is 0 Å². The molecule has 6 heteroatoms. The van der Waals surface area contributed by atoms with Crippen LogP contribution in [0.1, 0.15) is 19.3 Å². The number of anilines is 2. The molecular formula is C15H19N3O3. The zero-order valence-corrected chi connectivity index (χ0v) is 11.8. The van der Waals surface area contributed by atoms with Gasteiger partial charge in [0.05, 0.1) is 12.6 Å². The topological polar surface area (TPSA) is 70.7 Å². The van der Waals surface area contributed by atoms with Crippen molar-refractivity contribution in [3.05, 3.63) is 24.3 Å². The van der Waals surface area contributed by atoms with Gasteiger partial charge in [0.15, 0.2) is 0 Å². The molecule has 1 aromatic carbocycles. The summed E-state index contributed by atoms with van der Waals surface area (Å²) in [6.07, 6.45) is 2.37. The van der Waals surface area contributed by atoms with Crippen LogP contribution in [0.2, 0.25) is 0 Å². The molecule has 1 atom stereocenters. The first-order valence-electron chi connectivity index (χ1n) is 7.28. The second-order valence-electron chi connectivity index (χ2n) is 5.35. The highest BCUT2D eigenvalue weighted by atomic mass is 16.5. The summed E-state index contributed by atoms with van der Waals surface area (Å²) in [4.78, 5) is 25.3. The zero-order chi connectivity index (χ0) is 14.7. The van der Waals surface area contributed by atoms with Crippen LogP contribution in [0.5, 0.6) is 0 Å². The fourth-order valence-corrected chi connectivity index (χ4v) is 2.65. The Balaban J connectivity index is 1.56. The van der Waals surface area contributed by atoms with Crippen LogP contribution in [0.4, 0.5) is 16.2 Å². The average Bonchev–Trinajstić information content (AvgIpc) is 3.11. The van der Waals surface area contributed by atoms with Crippen molar-refractivity contribution in [2.45, 2.75) is 25.3 Å². The number of amides is 3. The second kappa shape index (κ2) is 6.13. The molecule has 0 radical (unpaired) electrons. The van der Waals surface area contributed by atoms with Crippen molar-refractivity contribution in [2.75, 3.05) is 30.0 Å². The largest absolute Gasteiger partial charge is 0.379 e. The minimum Gasteiger partial charge on any atom is -0.379 e. The molecule has 6 nitrogen and oxygen atoms in total. The number of ether oxygens (including phenoxy) is 1. The minimum absolute atomic E-state index is 0.0893. The summed E-state index contributed by atoms with van der Waals surface area (Å²) in [6.45, 7) is 2.04. The van der Waals surface area contributed by atoms with Gasteiger partial charge in [-0.25, -0.2) is 4.79 Å². The van der Waals surface area contributed by atoms with Gasteiger partial charge in [0.1, 0.15) is 0 Å². The number of benzene rings is 1. The van der Waals surface area contributed by atoms with Gasteiger partial charge in [0.25, 0.3) is 0 Å². The molecule has 0 saturated carbocycles. The standard InChI is InChI=1S/C15H19N3O3/c19-14-2-1-8-18(14)13-5-3-11(4-6-13)16-15(20)17-12-7-9-21-10-12/h3-6,12H,1-2,7-10H2,(H2,16,17,20)/t12-/m0/s1. The van der Waals surface area contributed by atoms with Crippen LogP contribution in [-0.4, -0.2) is 37.7 Å². The van der Waals surface area contributed by atoms with Gasteiger partial charge in [-0.3, -0.25) is 4.79 Å². The van der Waals surface area contributed by atoms with E-state index >= 15 is 0 Å². The van der Waals surface area contributed by atoms with Gasteiger partial charge >= 0.3 is 6.03 Å². The Hall–Kier alpha value is -2.08. The lowest BCUT2D eigenvalue weighted by Gasteiger charge is -2.16. The molecule has 0 bridgehead atoms. The maximum absolute atomic E-state index is 11.8. The normalized spacial score (nSPS) is 21.6. The monoisotopic (exact) mass is 289 g/mol. The van der Waals surface area contributed by atoms with E-state index in [1.54, 1.807) is 4.90 Å². The first-order valence-corrected chi connectivity index (χ1v) is 7.28. The number of hydrogen-bond donors (Lipinski definition) is 2. The summed E-state index contributed by atoms with van der Waals surface area (Å²) in [5.41, 5.74) is 1.59. The Morgan fingerprint density at radius 2 is 2.10 bits per heavy atom. The molecule has 21 heavy (non-hydrogen) atoms. The fraction of sp³-hybridized carbons (Fsp3) is 0.467. The predicted octanol–water partition coefficient (Wildman–Crippen LogP) is 1.72. The number of nitrogens with one attached hydrogen (secondary N) is 2. The highest BCUT2D eigenvalue weighted by molar-refractivity contribution is 5.96. The van der Waals surface area contributed by atoms with Crippen LogP contribution in [-0.2, 0) is 9.53 Å². The maximum atomic E-state index is 11.8. The van der Waals surface area contributed by atoms with E-state index in [1.165, 1.54) is 0 Å². The van der Waals surface area contributed by atoms with Gasteiger partial charge in [-0.05, 0) is 37.1 Å². The SMILES string of the molecule is O=C(Nc1ccc(N2CCCC2=O)cc1)N[C@H]1CCOC1. The second-order valence-corrected chi connectivity index (χ2v) is 5.35. The molecule has 0 unspecified atom stereocenters. The van der Waals surface area contributed by atoms with Crippen molar-refractivity contribution < 1.29 is 14.3 Å². The van der Waals surface area contributed by atoms with E-state index in [4.69, 9.17) is 4.74 Å². The highest BCUT2D eigenvalue weighted by Gasteiger charge is 2.21. The molecule has 2 fully saturated rings. The van der Waals surface area contributed by atoms with Crippen molar-refractivity contribution >= 4 is 23.3 Å². The van der Waals surface area contributed by atoms with Crippen LogP contribution in [0.25, 0.3) is 0 Å². The molecule has 2 aliphatic heterocycles. The minimum atomic E-state index is -0.226. The Labute approximate surface area is 123 Å². The smallest absolute Gasteiger partial charge is 0.319 e. The molecule has 1 aromatic rings. The van der Waals surface area contributed by atoms with Crippen LogP contribution < -0.4 is 15.5 Å². The number of carbonyl (C=O) groups is 2. The zero-order valence-electron chi connectivity index (χ0n) is 11.8. The van der Waals surface area contributed by atoms with Gasteiger partial charge in [-0.1, -0.05) is 0 Å². The fourth-order valence-electron chi connectivity index (χ4n) is 2.65. The van der Waals surface area contributed by atoms with Crippen molar-refractivity contribution in [1.29, 1.82) is 0 Å². The van der Waals surface area contributed by atoms with Crippen LogP contribution in [0.15, 0.2) is 24.3 Å². The molecule has 0 spiro atoms. The summed E-state index contributed by atoms with van der Waals surface area (Å²) in [5.74, 6) is 0.162. The molecule has 0 aliphatic carbocycles. The number of carbonyl (C=O) groups excluding carboxylic acids is 2. The Kier molecular flexibility index (Phi) is 4.06. The highest BCUT2D eigenvalue weighted by Crippen LogP contribution is 2.23. The molecule has 3 amide bonds. The van der Waals surface area contributed by atoms with E-state index < -0.39 is 0 Å². The third-order valence-corrected chi connectivity index (χ3v) is 3.78. The predicted molar refractivity (Wildman–Crippen MR) is 79.4 cm³/mol. The quantitative estimate of drug-likeness (QED) is 0.890. The lowest BCUT2D eigenvalue weighted by atomic mass is 10.2. The molecular weight excluding hydrogens is 270 g/mol. The molecule has 3 rings (SSSR count). The summed E-state index contributed by atoms with van der Waals surface area (Å²) in [6, 6.07) is 7.20. The Morgan fingerprint density at radius 1 is 1.29 bits per heavy atom. The number of hydrogen-bond acceptors (Lipinski definition) is 3. The van der Waals surface area contributed by atoms with Crippen molar-refractivity contribution in [2.24, 2.45) is 0 Å². The molecule has 2 aliphatic rings. The third-order valence-electron chi connectivity index (χ3n) is 3.78. The van der Waals surface area contributed by atoms with Gasteiger partial charge in [-0.15, -0.1) is 0 Å². The first-order chi connectivity index (χ1) is 10.2.